The highest BCUT2D eigenvalue weighted by molar-refractivity contribution is 5.97. The molecule has 2 amide bonds. The number of carbonyl (C=O) groups excluding carboxylic acids is 2. The number of hydrogen-bond acceptors (Lipinski definition) is 2. The van der Waals surface area contributed by atoms with Gasteiger partial charge in [0.2, 0.25) is 5.91 Å². The zero-order valence-electron chi connectivity index (χ0n) is 15.7. The van der Waals surface area contributed by atoms with Crippen LogP contribution in [0.2, 0.25) is 0 Å². The highest BCUT2D eigenvalue weighted by Crippen LogP contribution is 2.20. The van der Waals surface area contributed by atoms with Crippen molar-refractivity contribution < 1.29 is 14.0 Å². The predicted molar refractivity (Wildman–Crippen MR) is 103 cm³/mol. The number of nitrogens with zero attached hydrogens (tertiary/aromatic N) is 1. The van der Waals surface area contributed by atoms with E-state index in [1.54, 1.807) is 11.0 Å². The Morgan fingerprint density at radius 3 is 2.56 bits per heavy atom. The molecular formula is C22H25FN2O2. The normalized spacial score (nSPS) is 14.6. The van der Waals surface area contributed by atoms with E-state index < -0.39 is 17.8 Å². The molecule has 142 valence electrons. The average Bonchev–Trinajstić information content (AvgIpc) is 2.66. The van der Waals surface area contributed by atoms with Crippen LogP contribution in [-0.2, 0) is 17.8 Å². The number of hydrogen-bond donors (Lipinski definition) is 1. The summed E-state index contributed by atoms with van der Waals surface area (Å²) in [4.78, 5) is 27.4. The Bertz CT molecular complexity index is 835. The van der Waals surface area contributed by atoms with Gasteiger partial charge in [-0.1, -0.05) is 44.2 Å². The van der Waals surface area contributed by atoms with Crippen molar-refractivity contribution in [1.29, 1.82) is 0 Å². The lowest BCUT2D eigenvalue weighted by Crippen LogP contribution is -2.50. The molecule has 2 aromatic carbocycles. The zero-order chi connectivity index (χ0) is 19.4. The predicted octanol–water partition coefficient (Wildman–Crippen LogP) is 3.56. The van der Waals surface area contributed by atoms with Crippen molar-refractivity contribution in [3.8, 4) is 0 Å². The van der Waals surface area contributed by atoms with Crippen LogP contribution in [-0.4, -0.2) is 29.3 Å². The summed E-state index contributed by atoms with van der Waals surface area (Å²) in [6.07, 6.45) is 1.35. The third kappa shape index (κ3) is 4.73. The van der Waals surface area contributed by atoms with Crippen LogP contribution in [0, 0.1) is 11.7 Å². The Balaban J connectivity index is 1.74. The number of fused-ring (bicyclic) bond motifs is 1. The molecule has 3 rings (SSSR count). The minimum absolute atomic E-state index is 0.0806. The Kier molecular flexibility index (Phi) is 5.89. The molecule has 1 atom stereocenters. The summed E-state index contributed by atoms with van der Waals surface area (Å²) in [5, 5.41) is 2.82. The van der Waals surface area contributed by atoms with E-state index in [1.807, 2.05) is 32.0 Å². The maximum Gasteiger partial charge on any atom is 0.252 e. The summed E-state index contributed by atoms with van der Waals surface area (Å²) < 4.78 is 13.4. The molecule has 1 aliphatic heterocycles. The van der Waals surface area contributed by atoms with Gasteiger partial charge in [-0.2, -0.15) is 0 Å². The lowest BCUT2D eigenvalue weighted by atomic mass is 9.97. The molecule has 0 fully saturated rings. The van der Waals surface area contributed by atoms with Gasteiger partial charge in [-0.05, 0) is 48.1 Å². The molecule has 1 aliphatic rings. The van der Waals surface area contributed by atoms with Crippen molar-refractivity contribution in [2.24, 2.45) is 5.92 Å². The van der Waals surface area contributed by atoms with Gasteiger partial charge < -0.3 is 10.2 Å². The van der Waals surface area contributed by atoms with E-state index in [0.29, 0.717) is 19.5 Å². The number of nitrogens with one attached hydrogen (secondary N) is 1. The Morgan fingerprint density at radius 2 is 1.85 bits per heavy atom. The highest BCUT2D eigenvalue weighted by atomic mass is 19.1. The SMILES string of the molecule is CC(C)C[C@@H](NC(=O)c1cccc(F)c1)C(=O)N1CCc2ccccc2C1. The minimum atomic E-state index is -0.619. The molecule has 27 heavy (non-hydrogen) atoms. The number of amides is 2. The topological polar surface area (TPSA) is 49.4 Å². The summed E-state index contributed by atoms with van der Waals surface area (Å²) >= 11 is 0. The van der Waals surface area contributed by atoms with Crippen LogP contribution < -0.4 is 5.32 Å². The fourth-order valence-electron chi connectivity index (χ4n) is 3.47. The Hall–Kier alpha value is -2.69. The van der Waals surface area contributed by atoms with Crippen molar-refractivity contribution >= 4 is 11.8 Å². The summed E-state index contributed by atoms with van der Waals surface area (Å²) in [5.41, 5.74) is 2.64. The summed E-state index contributed by atoms with van der Waals surface area (Å²) in [5.74, 6) is -0.736. The van der Waals surface area contributed by atoms with Crippen LogP contribution in [0.3, 0.4) is 0 Å². The Labute approximate surface area is 159 Å². The zero-order valence-corrected chi connectivity index (χ0v) is 15.7. The smallest absolute Gasteiger partial charge is 0.252 e. The number of halogens is 1. The van der Waals surface area contributed by atoms with Crippen LogP contribution in [0.1, 0.15) is 41.8 Å². The third-order valence-electron chi connectivity index (χ3n) is 4.84. The molecule has 0 saturated carbocycles. The van der Waals surface area contributed by atoms with E-state index in [4.69, 9.17) is 0 Å². The van der Waals surface area contributed by atoms with Gasteiger partial charge in [-0.3, -0.25) is 9.59 Å². The molecule has 5 heteroatoms. The van der Waals surface area contributed by atoms with Crippen LogP contribution in [0.15, 0.2) is 48.5 Å². The first-order valence-electron chi connectivity index (χ1n) is 9.36. The second-order valence-corrected chi connectivity index (χ2v) is 7.44. The van der Waals surface area contributed by atoms with E-state index in [1.165, 1.54) is 23.8 Å². The van der Waals surface area contributed by atoms with Crippen LogP contribution in [0.4, 0.5) is 4.39 Å². The van der Waals surface area contributed by atoms with E-state index in [0.717, 1.165) is 12.0 Å². The first-order chi connectivity index (χ1) is 12.9. The molecule has 0 spiro atoms. The van der Waals surface area contributed by atoms with Crippen LogP contribution in [0.5, 0.6) is 0 Å². The maximum absolute atomic E-state index is 13.4. The summed E-state index contributed by atoms with van der Waals surface area (Å²) in [6.45, 7) is 5.22. The van der Waals surface area contributed by atoms with E-state index in [2.05, 4.69) is 11.4 Å². The van der Waals surface area contributed by atoms with Crippen molar-refractivity contribution in [1.82, 2.24) is 10.2 Å². The van der Waals surface area contributed by atoms with E-state index >= 15 is 0 Å². The molecule has 2 aromatic rings. The Morgan fingerprint density at radius 1 is 1.11 bits per heavy atom. The average molecular weight is 368 g/mol. The number of benzene rings is 2. The van der Waals surface area contributed by atoms with Gasteiger partial charge in [-0.15, -0.1) is 0 Å². The molecule has 0 radical (unpaired) electrons. The number of carbonyl (C=O) groups is 2. The largest absolute Gasteiger partial charge is 0.340 e. The fraction of sp³-hybridized carbons (Fsp3) is 0.364. The van der Waals surface area contributed by atoms with Gasteiger partial charge in [-0.25, -0.2) is 4.39 Å². The van der Waals surface area contributed by atoms with Crippen LogP contribution in [0.25, 0.3) is 0 Å². The van der Waals surface area contributed by atoms with Crippen molar-refractivity contribution in [2.45, 2.75) is 39.3 Å². The molecule has 1 N–H and O–H groups in total. The number of rotatable bonds is 5. The second-order valence-electron chi connectivity index (χ2n) is 7.44. The highest BCUT2D eigenvalue weighted by Gasteiger charge is 2.29. The monoisotopic (exact) mass is 368 g/mol. The molecule has 0 unspecified atom stereocenters. The molecule has 4 nitrogen and oxygen atoms in total. The first-order valence-corrected chi connectivity index (χ1v) is 9.36. The lowest BCUT2D eigenvalue weighted by Gasteiger charge is -2.32. The van der Waals surface area contributed by atoms with Gasteiger partial charge in [0.05, 0.1) is 0 Å². The van der Waals surface area contributed by atoms with Gasteiger partial charge in [0.15, 0.2) is 0 Å². The molecule has 1 heterocycles. The van der Waals surface area contributed by atoms with Gasteiger partial charge in [0.25, 0.3) is 5.91 Å². The quantitative estimate of drug-likeness (QED) is 0.877. The second kappa shape index (κ2) is 8.33. The van der Waals surface area contributed by atoms with Crippen molar-refractivity contribution in [3.63, 3.8) is 0 Å². The molecule has 0 aromatic heterocycles. The molecular weight excluding hydrogens is 343 g/mol. The molecule has 0 bridgehead atoms. The van der Waals surface area contributed by atoms with Gasteiger partial charge in [0, 0.05) is 18.7 Å². The standard InChI is InChI=1S/C22H25FN2O2/c1-15(2)12-20(24-21(26)17-8-5-9-19(23)13-17)22(27)25-11-10-16-6-3-4-7-18(16)14-25/h3-9,13,15,20H,10-12,14H2,1-2H3,(H,24,26)/t20-/m1/s1. The van der Waals surface area contributed by atoms with Crippen molar-refractivity contribution in [2.75, 3.05) is 6.54 Å². The molecule has 0 aliphatic carbocycles. The summed E-state index contributed by atoms with van der Waals surface area (Å²) in [7, 11) is 0. The molecule has 0 saturated heterocycles. The van der Waals surface area contributed by atoms with Crippen LogP contribution >= 0.6 is 0 Å². The van der Waals surface area contributed by atoms with E-state index in [-0.39, 0.29) is 17.4 Å². The lowest BCUT2D eigenvalue weighted by molar-refractivity contribution is -0.134. The third-order valence-corrected chi connectivity index (χ3v) is 4.84. The fourth-order valence-corrected chi connectivity index (χ4v) is 3.47. The van der Waals surface area contributed by atoms with Gasteiger partial charge >= 0.3 is 0 Å². The maximum atomic E-state index is 13.4. The van der Waals surface area contributed by atoms with E-state index in [9.17, 15) is 14.0 Å². The first kappa shape index (κ1) is 19.1. The van der Waals surface area contributed by atoms with Gasteiger partial charge in [0.1, 0.15) is 11.9 Å². The van der Waals surface area contributed by atoms with Crippen molar-refractivity contribution in [3.05, 3.63) is 71.0 Å². The summed E-state index contributed by atoms with van der Waals surface area (Å²) in [6, 6.07) is 13.0. The minimum Gasteiger partial charge on any atom is -0.340 e.